The van der Waals surface area contributed by atoms with Crippen LogP contribution in [-0.2, 0) is 11.3 Å². The number of aliphatic hydroxyl groups is 1. The van der Waals surface area contributed by atoms with Gasteiger partial charge in [-0.2, -0.15) is 0 Å². The number of hydrogen-bond acceptors (Lipinski definition) is 7. The van der Waals surface area contributed by atoms with Crippen LogP contribution in [0.5, 0.6) is 0 Å². The maximum atomic E-state index is 13.3. The number of aromatic nitrogens is 2. The first kappa shape index (κ1) is 29.9. The van der Waals surface area contributed by atoms with Gasteiger partial charge in [-0.05, 0) is 76.6 Å². The number of aliphatic hydroxyl groups excluding tert-OH is 1. The van der Waals surface area contributed by atoms with Crippen molar-refractivity contribution in [3.8, 4) is 0 Å². The van der Waals surface area contributed by atoms with E-state index in [-0.39, 0.29) is 17.2 Å². The molecule has 3 aromatic rings. The van der Waals surface area contributed by atoms with Crippen molar-refractivity contribution >= 4 is 17.4 Å². The van der Waals surface area contributed by atoms with Crippen molar-refractivity contribution in [3.05, 3.63) is 89.0 Å². The second-order valence-electron chi connectivity index (χ2n) is 12.1. The molecule has 0 aliphatic carbocycles. The molecule has 1 aromatic heterocycles. The second-order valence-corrected chi connectivity index (χ2v) is 12.1. The second kappa shape index (κ2) is 12.7. The Morgan fingerprint density at radius 2 is 1.55 bits per heavy atom. The highest BCUT2D eigenvalue weighted by molar-refractivity contribution is 5.96. The lowest BCUT2D eigenvalue weighted by Gasteiger charge is -2.50. The SMILES string of the molecule is CC(=O)[C@@H](O)c1ccc(N(Cc2ccccc2)C2CCN(C3(C)CCN(C(=O)c4c(C)ncnc4C)CC3)CC2)cc1. The number of aryl methyl sites for hydroxylation is 2. The molecule has 0 bridgehead atoms. The minimum atomic E-state index is -1.08. The van der Waals surface area contributed by atoms with Crippen molar-refractivity contribution in [2.75, 3.05) is 31.1 Å². The average molecular weight is 570 g/mol. The molecule has 222 valence electrons. The summed E-state index contributed by atoms with van der Waals surface area (Å²) in [4.78, 5) is 40.6. The molecule has 3 heterocycles. The lowest BCUT2D eigenvalue weighted by molar-refractivity contribution is -0.125. The highest BCUT2D eigenvalue weighted by Gasteiger charge is 2.39. The maximum absolute atomic E-state index is 13.3. The Hall–Kier alpha value is -3.62. The van der Waals surface area contributed by atoms with Gasteiger partial charge in [0.15, 0.2) is 5.78 Å². The van der Waals surface area contributed by atoms with Crippen LogP contribution in [-0.4, -0.2) is 74.3 Å². The van der Waals surface area contributed by atoms with Crippen LogP contribution in [0.1, 0.15) is 78.5 Å². The van der Waals surface area contributed by atoms with E-state index in [1.807, 2.05) is 49.1 Å². The quantitative estimate of drug-likeness (QED) is 0.414. The van der Waals surface area contributed by atoms with Crippen LogP contribution >= 0.6 is 0 Å². The molecule has 2 saturated heterocycles. The Balaban J connectivity index is 1.24. The van der Waals surface area contributed by atoms with E-state index in [0.29, 0.717) is 17.2 Å². The van der Waals surface area contributed by atoms with Gasteiger partial charge < -0.3 is 14.9 Å². The third-order valence-corrected chi connectivity index (χ3v) is 9.36. The third-order valence-electron chi connectivity index (χ3n) is 9.36. The molecule has 1 atom stereocenters. The van der Waals surface area contributed by atoms with Gasteiger partial charge in [0, 0.05) is 50.0 Å². The summed E-state index contributed by atoms with van der Waals surface area (Å²) >= 11 is 0. The van der Waals surface area contributed by atoms with Crippen molar-refractivity contribution in [2.24, 2.45) is 0 Å². The molecule has 0 unspecified atom stereocenters. The molecular formula is C34H43N5O3. The highest BCUT2D eigenvalue weighted by Crippen LogP contribution is 2.34. The van der Waals surface area contributed by atoms with Gasteiger partial charge in [0.05, 0.1) is 17.0 Å². The monoisotopic (exact) mass is 569 g/mol. The molecule has 2 aliphatic heterocycles. The minimum absolute atomic E-state index is 0.0461. The number of piperidine rings is 2. The van der Waals surface area contributed by atoms with E-state index in [9.17, 15) is 14.7 Å². The van der Waals surface area contributed by atoms with Crippen LogP contribution in [0, 0.1) is 13.8 Å². The Morgan fingerprint density at radius 1 is 0.952 bits per heavy atom. The summed E-state index contributed by atoms with van der Waals surface area (Å²) in [6.07, 6.45) is 4.42. The zero-order chi connectivity index (χ0) is 29.9. The van der Waals surface area contributed by atoms with Crippen molar-refractivity contribution in [1.29, 1.82) is 0 Å². The number of nitrogens with zero attached hydrogens (tertiary/aromatic N) is 5. The number of amides is 1. The van der Waals surface area contributed by atoms with Crippen molar-refractivity contribution in [3.63, 3.8) is 0 Å². The van der Waals surface area contributed by atoms with E-state index in [4.69, 9.17) is 0 Å². The van der Waals surface area contributed by atoms with Gasteiger partial charge in [-0.3, -0.25) is 14.5 Å². The first-order valence-corrected chi connectivity index (χ1v) is 15.1. The largest absolute Gasteiger partial charge is 0.381 e. The van der Waals surface area contributed by atoms with Crippen LogP contribution in [0.4, 0.5) is 5.69 Å². The van der Waals surface area contributed by atoms with Crippen molar-refractivity contribution in [2.45, 2.75) is 77.6 Å². The molecule has 0 spiro atoms. The van der Waals surface area contributed by atoms with Gasteiger partial charge in [-0.1, -0.05) is 42.5 Å². The predicted octanol–water partition coefficient (Wildman–Crippen LogP) is 4.88. The van der Waals surface area contributed by atoms with E-state index < -0.39 is 6.10 Å². The zero-order valence-electron chi connectivity index (χ0n) is 25.3. The molecule has 0 saturated carbocycles. The van der Waals surface area contributed by atoms with Crippen molar-refractivity contribution in [1.82, 2.24) is 19.8 Å². The summed E-state index contributed by atoms with van der Waals surface area (Å²) in [7, 11) is 0. The maximum Gasteiger partial charge on any atom is 0.257 e. The van der Waals surface area contributed by atoms with E-state index in [0.717, 1.165) is 75.5 Å². The molecule has 8 nitrogen and oxygen atoms in total. The predicted molar refractivity (Wildman–Crippen MR) is 164 cm³/mol. The summed E-state index contributed by atoms with van der Waals surface area (Å²) in [5, 5.41) is 10.2. The number of likely N-dealkylation sites (tertiary alicyclic amines) is 2. The molecule has 1 N–H and O–H groups in total. The summed E-state index contributed by atoms with van der Waals surface area (Å²) in [5.41, 5.74) is 5.18. The molecule has 8 heteroatoms. The number of carbonyl (C=O) groups is 2. The molecule has 2 aliphatic rings. The summed E-state index contributed by atoms with van der Waals surface area (Å²) < 4.78 is 0. The van der Waals surface area contributed by atoms with Gasteiger partial charge in [-0.25, -0.2) is 9.97 Å². The lowest BCUT2D eigenvalue weighted by Crippen LogP contribution is -2.58. The Labute approximate surface area is 249 Å². The van der Waals surface area contributed by atoms with E-state index in [1.54, 1.807) is 0 Å². The van der Waals surface area contributed by atoms with Crippen molar-refractivity contribution < 1.29 is 14.7 Å². The molecule has 42 heavy (non-hydrogen) atoms. The number of Topliss-reactive ketones (excluding diaryl/α,β-unsaturated/α-hetero) is 1. The van der Waals surface area contributed by atoms with Crippen LogP contribution in [0.2, 0.25) is 0 Å². The van der Waals surface area contributed by atoms with Crippen LogP contribution in [0.3, 0.4) is 0 Å². The Kier molecular flexibility index (Phi) is 9.04. The van der Waals surface area contributed by atoms with Crippen LogP contribution in [0.25, 0.3) is 0 Å². The molecular weight excluding hydrogens is 526 g/mol. The average Bonchev–Trinajstić information content (AvgIpc) is 3.00. The smallest absolute Gasteiger partial charge is 0.257 e. The molecule has 2 fully saturated rings. The minimum Gasteiger partial charge on any atom is -0.381 e. The third kappa shape index (κ3) is 6.40. The Morgan fingerprint density at radius 3 is 2.12 bits per heavy atom. The molecule has 1 amide bonds. The number of rotatable bonds is 8. The number of benzene rings is 2. The van der Waals surface area contributed by atoms with Gasteiger partial charge in [0.2, 0.25) is 0 Å². The molecule has 2 aromatic carbocycles. The fourth-order valence-corrected chi connectivity index (χ4v) is 6.58. The topological polar surface area (TPSA) is 89.9 Å². The molecule has 5 rings (SSSR count). The number of ketones is 1. The summed E-state index contributed by atoms with van der Waals surface area (Å²) in [6.45, 7) is 11.8. The van der Waals surface area contributed by atoms with Crippen LogP contribution < -0.4 is 4.90 Å². The highest BCUT2D eigenvalue weighted by atomic mass is 16.3. The van der Waals surface area contributed by atoms with Gasteiger partial charge in [-0.15, -0.1) is 0 Å². The zero-order valence-corrected chi connectivity index (χ0v) is 25.3. The number of anilines is 1. The van der Waals surface area contributed by atoms with E-state index in [2.05, 4.69) is 51.0 Å². The van der Waals surface area contributed by atoms with E-state index >= 15 is 0 Å². The first-order valence-electron chi connectivity index (χ1n) is 15.1. The fourth-order valence-electron chi connectivity index (χ4n) is 6.58. The fraction of sp³-hybridized carbons (Fsp3) is 0.471. The lowest BCUT2D eigenvalue weighted by atomic mass is 9.85. The number of carbonyl (C=O) groups excluding carboxylic acids is 2. The molecule has 0 radical (unpaired) electrons. The Bertz CT molecular complexity index is 1360. The van der Waals surface area contributed by atoms with Crippen LogP contribution in [0.15, 0.2) is 60.9 Å². The summed E-state index contributed by atoms with van der Waals surface area (Å²) in [6, 6.07) is 18.7. The van der Waals surface area contributed by atoms with Gasteiger partial charge >= 0.3 is 0 Å². The summed E-state index contributed by atoms with van der Waals surface area (Å²) in [5.74, 6) is -0.205. The normalized spacial score (nSPS) is 18.5. The van der Waals surface area contributed by atoms with Gasteiger partial charge in [0.25, 0.3) is 5.91 Å². The first-order chi connectivity index (χ1) is 20.2. The van der Waals surface area contributed by atoms with E-state index in [1.165, 1.54) is 18.8 Å². The van der Waals surface area contributed by atoms with Gasteiger partial charge in [0.1, 0.15) is 12.4 Å². The standard InChI is InChI=1S/C34H43N5O3/c1-24-31(25(2)36-23-35-24)33(42)37-20-16-34(4,17-21-37)38-18-14-30(15-19-38)39(22-27-8-6-5-7-9-27)29-12-10-28(11-13-29)32(41)26(3)40/h5-13,23,30,32,41H,14-22H2,1-4H3/t32-/m1/s1. The number of hydrogen-bond donors (Lipinski definition) is 1.